The second-order valence-corrected chi connectivity index (χ2v) is 7.91. The third-order valence-electron chi connectivity index (χ3n) is 5.83. The van der Waals surface area contributed by atoms with Crippen molar-refractivity contribution in [1.82, 2.24) is 34.6 Å². The fraction of sp³-hybridized carbons (Fsp3) is 0.227. The number of aromatic amines is 1. The van der Waals surface area contributed by atoms with E-state index in [1.165, 1.54) is 24.4 Å². The number of fused-ring (bicyclic) bond motifs is 2. The summed E-state index contributed by atoms with van der Waals surface area (Å²) in [5.74, 6) is -0.155. The largest absolute Gasteiger partial charge is 0.438 e. The summed E-state index contributed by atoms with van der Waals surface area (Å²) in [5, 5.41) is 4.20. The quantitative estimate of drug-likeness (QED) is 0.451. The Balaban J connectivity index is 1.41. The minimum Gasteiger partial charge on any atom is -0.438 e. The SMILES string of the molecule is Cc1cnn(C)c1-c1ncc(C(=O)N2CCc3[nH]cnc3[C@H]2c2nc3cc(F)ccc3o2)o1. The molecule has 0 spiro atoms. The number of carbonyl (C=O) groups excluding carboxylic acids is 1. The highest BCUT2D eigenvalue weighted by molar-refractivity contribution is 5.92. The molecule has 1 aromatic carbocycles. The number of benzene rings is 1. The molecule has 1 atom stereocenters. The number of hydrogen-bond acceptors (Lipinski definition) is 7. The standard InChI is InChI=1S/C22H18FN7O3/c1-11-8-27-29(2)18(11)20-24-9-16(33-20)22(31)30-6-5-13-17(26-10-25-13)19(30)21-28-14-7-12(23)3-4-15(14)32-21/h3-4,7-10,19H,5-6H2,1-2H3,(H,25,26)/t19-/m0/s1. The number of oxazole rings is 2. The van der Waals surface area contributed by atoms with Gasteiger partial charge in [0.2, 0.25) is 17.5 Å². The van der Waals surface area contributed by atoms with Gasteiger partial charge >= 0.3 is 0 Å². The number of aromatic nitrogens is 6. The van der Waals surface area contributed by atoms with Crippen molar-refractivity contribution in [1.29, 1.82) is 0 Å². The summed E-state index contributed by atoms with van der Waals surface area (Å²) in [7, 11) is 1.78. The monoisotopic (exact) mass is 447 g/mol. The molecular weight excluding hydrogens is 429 g/mol. The van der Waals surface area contributed by atoms with E-state index in [1.54, 1.807) is 29.2 Å². The molecule has 1 N–H and O–H groups in total. The van der Waals surface area contributed by atoms with E-state index in [9.17, 15) is 9.18 Å². The van der Waals surface area contributed by atoms with Gasteiger partial charge in [-0.2, -0.15) is 5.10 Å². The summed E-state index contributed by atoms with van der Waals surface area (Å²) in [6.45, 7) is 2.27. The molecule has 0 aliphatic carbocycles. The van der Waals surface area contributed by atoms with Crippen molar-refractivity contribution in [3.63, 3.8) is 0 Å². The fourth-order valence-corrected chi connectivity index (χ4v) is 4.26. The van der Waals surface area contributed by atoms with Crippen LogP contribution in [0.1, 0.15) is 39.4 Å². The molecule has 4 aromatic heterocycles. The van der Waals surface area contributed by atoms with Crippen LogP contribution in [0.5, 0.6) is 0 Å². The zero-order chi connectivity index (χ0) is 22.7. The number of H-pyrrole nitrogens is 1. The van der Waals surface area contributed by atoms with Crippen molar-refractivity contribution in [2.75, 3.05) is 6.54 Å². The highest BCUT2D eigenvalue weighted by Gasteiger charge is 2.39. The summed E-state index contributed by atoms with van der Waals surface area (Å²) in [4.78, 5) is 31.4. The summed E-state index contributed by atoms with van der Waals surface area (Å²) < 4.78 is 27.1. The van der Waals surface area contributed by atoms with E-state index in [0.717, 1.165) is 11.3 Å². The minimum atomic E-state index is -0.699. The van der Waals surface area contributed by atoms with Crippen LogP contribution < -0.4 is 0 Å². The van der Waals surface area contributed by atoms with Crippen LogP contribution in [0.2, 0.25) is 0 Å². The maximum Gasteiger partial charge on any atom is 0.292 e. The molecule has 5 heterocycles. The van der Waals surface area contributed by atoms with Gasteiger partial charge in [0.15, 0.2) is 11.6 Å². The summed E-state index contributed by atoms with van der Waals surface area (Å²) >= 11 is 0. The zero-order valence-corrected chi connectivity index (χ0v) is 17.7. The predicted molar refractivity (Wildman–Crippen MR) is 113 cm³/mol. The third kappa shape index (κ3) is 3.04. The second kappa shape index (κ2) is 7.12. The maximum atomic E-state index is 13.7. The molecule has 1 aliphatic rings. The summed E-state index contributed by atoms with van der Waals surface area (Å²) in [5.41, 5.74) is 3.89. The van der Waals surface area contributed by atoms with Crippen LogP contribution in [-0.4, -0.2) is 47.1 Å². The molecule has 0 radical (unpaired) electrons. The fourth-order valence-electron chi connectivity index (χ4n) is 4.26. The Morgan fingerprint density at radius 2 is 2.12 bits per heavy atom. The summed E-state index contributed by atoms with van der Waals surface area (Å²) in [6, 6.07) is 3.41. The average Bonchev–Trinajstić information content (AvgIpc) is 3.58. The van der Waals surface area contributed by atoms with Crippen molar-refractivity contribution < 1.29 is 18.0 Å². The van der Waals surface area contributed by atoms with Crippen molar-refractivity contribution in [3.05, 3.63) is 71.3 Å². The first kappa shape index (κ1) is 19.4. The molecule has 0 unspecified atom stereocenters. The Morgan fingerprint density at radius 3 is 2.94 bits per heavy atom. The molecule has 1 amide bonds. The minimum absolute atomic E-state index is 0.0803. The first-order valence-corrected chi connectivity index (χ1v) is 10.3. The van der Waals surface area contributed by atoms with Crippen molar-refractivity contribution in [2.24, 2.45) is 7.05 Å². The number of rotatable bonds is 3. The van der Waals surface area contributed by atoms with E-state index in [1.807, 2.05) is 6.92 Å². The Bertz CT molecular complexity index is 1490. The molecule has 166 valence electrons. The number of nitrogens with zero attached hydrogens (tertiary/aromatic N) is 6. The van der Waals surface area contributed by atoms with E-state index in [4.69, 9.17) is 8.83 Å². The number of nitrogens with one attached hydrogen (secondary N) is 1. The summed E-state index contributed by atoms with van der Waals surface area (Å²) in [6.07, 6.45) is 5.26. The van der Waals surface area contributed by atoms with E-state index < -0.39 is 11.9 Å². The van der Waals surface area contributed by atoms with Crippen LogP contribution in [-0.2, 0) is 13.5 Å². The van der Waals surface area contributed by atoms with Gasteiger partial charge in [-0.25, -0.2) is 19.3 Å². The smallest absolute Gasteiger partial charge is 0.292 e. The molecule has 0 fully saturated rings. The van der Waals surface area contributed by atoms with Crippen molar-refractivity contribution >= 4 is 17.0 Å². The van der Waals surface area contributed by atoms with Crippen LogP contribution in [0.25, 0.3) is 22.7 Å². The van der Waals surface area contributed by atoms with E-state index >= 15 is 0 Å². The van der Waals surface area contributed by atoms with Crippen LogP contribution >= 0.6 is 0 Å². The van der Waals surface area contributed by atoms with Gasteiger partial charge in [0.1, 0.15) is 17.0 Å². The number of carbonyl (C=O) groups is 1. The number of hydrogen-bond donors (Lipinski definition) is 1. The van der Waals surface area contributed by atoms with Crippen molar-refractivity contribution in [2.45, 2.75) is 19.4 Å². The van der Waals surface area contributed by atoms with Crippen LogP contribution in [0.4, 0.5) is 4.39 Å². The van der Waals surface area contributed by atoms with E-state index in [0.29, 0.717) is 41.3 Å². The van der Waals surface area contributed by atoms with Crippen LogP contribution in [0.3, 0.4) is 0 Å². The molecule has 6 rings (SSSR count). The second-order valence-electron chi connectivity index (χ2n) is 7.91. The van der Waals surface area contributed by atoms with Gasteiger partial charge in [0, 0.05) is 31.8 Å². The van der Waals surface area contributed by atoms with Gasteiger partial charge in [-0.3, -0.25) is 9.48 Å². The molecule has 1 aliphatic heterocycles. The normalized spacial score (nSPS) is 15.8. The van der Waals surface area contributed by atoms with Gasteiger partial charge in [0.05, 0.1) is 24.4 Å². The highest BCUT2D eigenvalue weighted by atomic mass is 19.1. The first-order chi connectivity index (χ1) is 16.0. The lowest BCUT2D eigenvalue weighted by Crippen LogP contribution is -2.40. The maximum absolute atomic E-state index is 13.7. The Labute approximate surface area is 186 Å². The van der Waals surface area contributed by atoms with Crippen molar-refractivity contribution in [3.8, 4) is 11.6 Å². The molecule has 0 saturated heterocycles. The molecule has 10 nitrogen and oxygen atoms in total. The lowest BCUT2D eigenvalue weighted by molar-refractivity contribution is 0.0636. The van der Waals surface area contributed by atoms with Gasteiger partial charge in [0.25, 0.3) is 5.91 Å². The lowest BCUT2D eigenvalue weighted by atomic mass is 10.0. The lowest BCUT2D eigenvalue weighted by Gasteiger charge is -2.32. The van der Waals surface area contributed by atoms with Gasteiger partial charge < -0.3 is 18.7 Å². The van der Waals surface area contributed by atoms with E-state index in [2.05, 4.69) is 25.0 Å². The predicted octanol–water partition coefficient (Wildman–Crippen LogP) is 3.17. The van der Waals surface area contributed by atoms with Gasteiger partial charge in [-0.1, -0.05) is 0 Å². The highest BCUT2D eigenvalue weighted by Crippen LogP contribution is 2.36. The molecule has 0 saturated carbocycles. The number of aryl methyl sites for hydroxylation is 2. The van der Waals surface area contributed by atoms with E-state index in [-0.39, 0.29) is 17.6 Å². The zero-order valence-electron chi connectivity index (χ0n) is 17.7. The van der Waals surface area contributed by atoms with Crippen LogP contribution in [0, 0.1) is 12.7 Å². The number of imidazole rings is 1. The molecule has 5 aromatic rings. The Hall–Kier alpha value is -4.28. The first-order valence-electron chi connectivity index (χ1n) is 10.3. The molecule has 0 bridgehead atoms. The Kier molecular flexibility index (Phi) is 4.19. The third-order valence-corrected chi connectivity index (χ3v) is 5.83. The molecular formula is C22H18FN7O3. The average molecular weight is 447 g/mol. The molecule has 33 heavy (non-hydrogen) atoms. The number of amides is 1. The molecule has 11 heteroatoms. The number of halogens is 1. The van der Waals surface area contributed by atoms with Crippen LogP contribution in [0.15, 0.2) is 45.8 Å². The Morgan fingerprint density at radius 1 is 1.24 bits per heavy atom. The topological polar surface area (TPSA) is 119 Å². The van der Waals surface area contributed by atoms with Gasteiger partial charge in [-0.05, 0) is 24.6 Å². The van der Waals surface area contributed by atoms with Gasteiger partial charge in [-0.15, -0.1) is 0 Å².